The predicted molar refractivity (Wildman–Crippen MR) is 117 cm³/mol. The summed E-state index contributed by atoms with van der Waals surface area (Å²) in [6.45, 7) is 9.26. The first-order valence-corrected chi connectivity index (χ1v) is 11.1. The van der Waals surface area contributed by atoms with Crippen LogP contribution in [0, 0.1) is 11.7 Å². The molecule has 1 saturated carbocycles. The topological polar surface area (TPSA) is 39.9 Å². The molecular formula is C25H33FN2O2. The highest BCUT2D eigenvalue weighted by Crippen LogP contribution is 2.46. The van der Waals surface area contributed by atoms with Crippen LogP contribution < -0.4 is 0 Å². The Morgan fingerprint density at radius 3 is 2.60 bits per heavy atom. The number of piperazine rings is 1. The molecule has 30 heavy (non-hydrogen) atoms. The Morgan fingerprint density at radius 2 is 1.90 bits per heavy atom. The highest BCUT2D eigenvalue weighted by atomic mass is 19.1. The van der Waals surface area contributed by atoms with E-state index in [9.17, 15) is 9.50 Å². The lowest BCUT2D eigenvalue weighted by Crippen LogP contribution is -2.51. The lowest BCUT2D eigenvalue weighted by molar-refractivity contribution is -0.00896. The van der Waals surface area contributed by atoms with E-state index >= 15 is 0 Å². The van der Waals surface area contributed by atoms with E-state index in [1.54, 1.807) is 18.4 Å². The minimum Gasteiger partial charge on any atom is -0.469 e. The Labute approximate surface area is 179 Å². The quantitative estimate of drug-likeness (QED) is 0.593. The first-order valence-electron chi connectivity index (χ1n) is 11.1. The monoisotopic (exact) mass is 412 g/mol. The van der Waals surface area contributed by atoms with Crippen LogP contribution >= 0.6 is 0 Å². The van der Waals surface area contributed by atoms with E-state index in [4.69, 9.17) is 4.42 Å². The number of furan rings is 1. The molecule has 4 nitrogen and oxygen atoms in total. The Hall–Kier alpha value is -1.95. The summed E-state index contributed by atoms with van der Waals surface area (Å²) in [5.74, 6) is 0.533. The van der Waals surface area contributed by atoms with Gasteiger partial charge in [-0.05, 0) is 49.2 Å². The lowest BCUT2D eigenvalue weighted by Gasteiger charge is -2.42. The fraction of sp³-hybridized carbons (Fsp3) is 0.520. The minimum absolute atomic E-state index is 0.00738. The van der Waals surface area contributed by atoms with Crippen LogP contribution in [-0.4, -0.2) is 60.3 Å². The molecule has 1 saturated heterocycles. The van der Waals surface area contributed by atoms with Gasteiger partial charge in [0.25, 0.3) is 0 Å². The normalized spacial score (nSPS) is 29.1. The molecule has 1 aromatic heterocycles. The van der Waals surface area contributed by atoms with Crippen molar-refractivity contribution in [2.75, 3.05) is 39.8 Å². The van der Waals surface area contributed by atoms with Crippen molar-refractivity contribution in [1.29, 1.82) is 0 Å². The Morgan fingerprint density at radius 1 is 1.13 bits per heavy atom. The standard InChI is InChI=1S/C25H33FN2O2/c1-19-22(24-11-6-16-30-24)9-5-8-21(18-28-14-12-27(2)13-15-28)25(19,29)17-20-7-3-4-10-23(20)26/h3-4,6-7,10-11,16,21-22,29H,1,5,8-9,12-15,17-18H2,2H3. The molecule has 1 aliphatic heterocycles. The summed E-state index contributed by atoms with van der Waals surface area (Å²) in [4.78, 5) is 4.78. The maximum atomic E-state index is 14.6. The number of aliphatic hydroxyl groups is 1. The van der Waals surface area contributed by atoms with Gasteiger partial charge in [-0.15, -0.1) is 0 Å². The Bertz CT molecular complexity index is 845. The van der Waals surface area contributed by atoms with Crippen molar-refractivity contribution >= 4 is 0 Å². The summed E-state index contributed by atoms with van der Waals surface area (Å²) in [7, 11) is 2.15. The summed E-state index contributed by atoms with van der Waals surface area (Å²) in [6, 6.07) is 10.6. The van der Waals surface area contributed by atoms with Crippen molar-refractivity contribution in [3.05, 3.63) is 72.0 Å². The SMILES string of the molecule is C=C1C(c2ccco2)CCCC(CN2CCN(C)CC2)C1(O)Cc1ccccc1F. The van der Waals surface area contributed by atoms with Crippen LogP contribution in [0.4, 0.5) is 4.39 Å². The summed E-state index contributed by atoms with van der Waals surface area (Å²) in [5, 5.41) is 12.2. The molecule has 4 rings (SSSR count). The van der Waals surface area contributed by atoms with Crippen LogP contribution in [0.1, 0.15) is 36.5 Å². The summed E-state index contributed by atoms with van der Waals surface area (Å²) >= 11 is 0. The highest BCUT2D eigenvalue weighted by Gasteiger charge is 2.45. The van der Waals surface area contributed by atoms with E-state index in [1.165, 1.54) is 6.07 Å². The van der Waals surface area contributed by atoms with Crippen molar-refractivity contribution in [3.63, 3.8) is 0 Å². The molecule has 0 amide bonds. The van der Waals surface area contributed by atoms with Gasteiger partial charge in [-0.1, -0.05) is 31.2 Å². The van der Waals surface area contributed by atoms with Crippen LogP contribution in [0.25, 0.3) is 0 Å². The maximum Gasteiger partial charge on any atom is 0.126 e. The van der Waals surface area contributed by atoms with E-state index in [-0.39, 0.29) is 24.1 Å². The molecule has 1 N–H and O–H groups in total. The molecule has 3 unspecified atom stereocenters. The number of rotatable bonds is 5. The second-order valence-electron chi connectivity index (χ2n) is 9.02. The van der Waals surface area contributed by atoms with Crippen LogP contribution in [0.5, 0.6) is 0 Å². The second kappa shape index (κ2) is 9.04. The second-order valence-corrected chi connectivity index (χ2v) is 9.02. The van der Waals surface area contributed by atoms with Gasteiger partial charge in [-0.3, -0.25) is 0 Å². The molecule has 3 atom stereocenters. The molecule has 1 aromatic carbocycles. The predicted octanol–water partition coefficient (Wildman–Crippen LogP) is 4.08. The van der Waals surface area contributed by atoms with Gasteiger partial charge in [0.2, 0.25) is 0 Å². The molecule has 0 spiro atoms. The lowest BCUT2D eigenvalue weighted by atomic mass is 9.73. The first-order chi connectivity index (χ1) is 14.5. The van der Waals surface area contributed by atoms with Crippen molar-refractivity contribution in [3.8, 4) is 0 Å². The van der Waals surface area contributed by atoms with Gasteiger partial charge in [0.05, 0.1) is 11.9 Å². The van der Waals surface area contributed by atoms with Crippen LogP contribution in [0.15, 0.2) is 59.2 Å². The van der Waals surface area contributed by atoms with E-state index in [2.05, 4.69) is 23.4 Å². The third-order valence-corrected chi connectivity index (χ3v) is 7.08. The number of likely N-dealkylation sites (N-methyl/N-ethyl adjacent to an activating group) is 1. The first kappa shape index (κ1) is 21.3. The van der Waals surface area contributed by atoms with Crippen molar-refractivity contribution < 1.29 is 13.9 Å². The fourth-order valence-electron chi connectivity index (χ4n) is 5.12. The zero-order valence-corrected chi connectivity index (χ0v) is 17.9. The number of halogens is 1. The Kier molecular flexibility index (Phi) is 6.42. The van der Waals surface area contributed by atoms with Gasteiger partial charge in [0.1, 0.15) is 11.6 Å². The third-order valence-electron chi connectivity index (χ3n) is 7.08. The molecule has 0 radical (unpaired) electrons. The average molecular weight is 413 g/mol. The van der Waals surface area contributed by atoms with Gasteiger partial charge >= 0.3 is 0 Å². The summed E-state index contributed by atoms with van der Waals surface area (Å²) < 4.78 is 20.3. The molecule has 1 aliphatic carbocycles. The largest absolute Gasteiger partial charge is 0.469 e. The Balaban J connectivity index is 1.64. The maximum absolute atomic E-state index is 14.6. The molecule has 2 aromatic rings. The molecule has 2 fully saturated rings. The van der Waals surface area contributed by atoms with E-state index in [0.717, 1.165) is 63.3 Å². The highest BCUT2D eigenvalue weighted by molar-refractivity contribution is 5.33. The van der Waals surface area contributed by atoms with Crippen LogP contribution in [-0.2, 0) is 6.42 Å². The van der Waals surface area contributed by atoms with Crippen molar-refractivity contribution in [2.45, 2.75) is 37.2 Å². The zero-order chi connectivity index (χ0) is 21.1. The van der Waals surface area contributed by atoms with Crippen molar-refractivity contribution in [1.82, 2.24) is 9.80 Å². The van der Waals surface area contributed by atoms with Gasteiger partial charge in [0, 0.05) is 51.0 Å². The molecule has 162 valence electrons. The van der Waals surface area contributed by atoms with Crippen LogP contribution in [0.3, 0.4) is 0 Å². The van der Waals surface area contributed by atoms with E-state index in [1.807, 2.05) is 18.2 Å². The molecule has 2 aliphatic rings. The van der Waals surface area contributed by atoms with Crippen molar-refractivity contribution in [2.24, 2.45) is 5.92 Å². The molecule has 5 heteroatoms. The van der Waals surface area contributed by atoms with E-state index < -0.39 is 5.60 Å². The minimum atomic E-state index is -1.18. The molecule has 0 bridgehead atoms. The van der Waals surface area contributed by atoms with Gasteiger partial charge in [-0.25, -0.2) is 4.39 Å². The fourth-order valence-corrected chi connectivity index (χ4v) is 5.12. The zero-order valence-electron chi connectivity index (χ0n) is 17.9. The molecule has 2 heterocycles. The molecular weight excluding hydrogens is 379 g/mol. The smallest absolute Gasteiger partial charge is 0.126 e. The van der Waals surface area contributed by atoms with Gasteiger partial charge < -0.3 is 19.3 Å². The summed E-state index contributed by atoms with van der Waals surface area (Å²) in [6.07, 6.45) is 4.69. The van der Waals surface area contributed by atoms with Gasteiger partial charge in [0.15, 0.2) is 0 Å². The number of benzene rings is 1. The average Bonchev–Trinajstić information content (AvgIpc) is 3.24. The van der Waals surface area contributed by atoms with E-state index in [0.29, 0.717) is 5.56 Å². The van der Waals surface area contributed by atoms with Crippen LogP contribution in [0.2, 0.25) is 0 Å². The van der Waals surface area contributed by atoms with Gasteiger partial charge in [-0.2, -0.15) is 0 Å². The number of hydrogen-bond acceptors (Lipinski definition) is 4. The number of hydrogen-bond donors (Lipinski definition) is 1. The number of nitrogens with zero attached hydrogens (tertiary/aromatic N) is 2. The summed E-state index contributed by atoms with van der Waals surface area (Å²) in [5.41, 5.74) is 0.126. The third kappa shape index (κ3) is 4.39.